The van der Waals surface area contributed by atoms with E-state index in [-0.39, 0.29) is 29.7 Å². The molecule has 3 atom stereocenters. The van der Waals surface area contributed by atoms with Crippen LogP contribution in [0.15, 0.2) is 54.6 Å². The average Bonchev–Trinajstić information content (AvgIpc) is 3.26. The number of hydrogen-bond donors (Lipinski definition) is 1. The molecule has 5 nitrogen and oxygen atoms in total. The molecule has 2 aliphatic rings. The van der Waals surface area contributed by atoms with E-state index in [1.54, 1.807) is 24.3 Å². The summed E-state index contributed by atoms with van der Waals surface area (Å²) in [5.41, 5.74) is 1.64. The molecule has 7 heteroatoms. The summed E-state index contributed by atoms with van der Waals surface area (Å²) in [4.78, 5) is 33.1. The number of nitrogens with zero attached hydrogens (tertiary/aromatic N) is 2. The summed E-state index contributed by atoms with van der Waals surface area (Å²) in [6.07, 6.45) is 1.87. The standard InChI is InChI=1S/C24H22FN3O2S/c1-14-27-21(22(31-14)16-8-5-9-18(25)10-16)24(30)28-19(11-17-12-20(17)28)13-26-23(29)15-6-3-2-4-7-15/h2-10,17,19-20H,11-13H2,1H3,(H,26,29)/t17-,19+,20+/m1/s1. The minimum atomic E-state index is -0.341. The van der Waals surface area contributed by atoms with Crippen molar-refractivity contribution < 1.29 is 14.0 Å². The van der Waals surface area contributed by atoms with Crippen LogP contribution in [0.3, 0.4) is 0 Å². The van der Waals surface area contributed by atoms with Gasteiger partial charge in [0.05, 0.1) is 15.9 Å². The van der Waals surface area contributed by atoms with Crippen molar-refractivity contribution >= 4 is 23.2 Å². The van der Waals surface area contributed by atoms with Gasteiger partial charge in [-0.1, -0.05) is 30.3 Å². The van der Waals surface area contributed by atoms with Crippen LogP contribution in [0.5, 0.6) is 0 Å². The zero-order chi connectivity index (χ0) is 21.5. The molecule has 3 aromatic rings. The van der Waals surface area contributed by atoms with Crippen molar-refractivity contribution in [2.45, 2.75) is 31.8 Å². The van der Waals surface area contributed by atoms with Crippen LogP contribution >= 0.6 is 11.3 Å². The first kappa shape index (κ1) is 19.9. The molecule has 2 heterocycles. The van der Waals surface area contributed by atoms with Crippen molar-refractivity contribution in [2.75, 3.05) is 6.54 Å². The van der Waals surface area contributed by atoms with Gasteiger partial charge < -0.3 is 10.2 Å². The Bertz CT molecular complexity index is 1150. The molecule has 1 saturated carbocycles. The number of thiazole rings is 1. The molecular formula is C24H22FN3O2S. The van der Waals surface area contributed by atoms with E-state index in [1.807, 2.05) is 30.0 Å². The van der Waals surface area contributed by atoms with E-state index in [0.717, 1.165) is 17.8 Å². The van der Waals surface area contributed by atoms with Crippen LogP contribution in [0.4, 0.5) is 4.39 Å². The molecule has 158 valence electrons. The summed E-state index contributed by atoms with van der Waals surface area (Å²) in [7, 11) is 0. The molecule has 0 bridgehead atoms. The second kappa shape index (κ2) is 7.89. The molecule has 2 fully saturated rings. The van der Waals surface area contributed by atoms with Gasteiger partial charge in [0, 0.05) is 18.2 Å². The number of carbonyl (C=O) groups is 2. The summed E-state index contributed by atoms with van der Waals surface area (Å²) in [6.45, 7) is 2.26. The molecule has 1 aromatic heterocycles. The fraction of sp³-hybridized carbons (Fsp3) is 0.292. The van der Waals surface area contributed by atoms with E-state index in [2.05, 4.69) is 10.3 Å². The van der Waals surface area contributed by atoms with E-state index < -0.39 is 0 Å². The Labute approximate surface area is 183 Å². The zero-order valence-corrected chi connectivity index (χ0v) is 17.9. The van der Waals surface area contributed by atoms with Gasteiger partial charge in [-0.15, -0.1) is 11.3 Å². The Morgan fingerprint density at radius 1 is 1.16 bits per heavy atom. The molecule has 0 unspecified atom stereocenters. The third-order valence-electron chi connectivity index (χ3n) is 6.00. The fourth-order valence-electron chi connectivity index (χ4n) is 4.48. The first-order chi connectivity index (χ1) is 15.0. The molecular weight excluding hydrogens is 413 g/mol. The molecule has 2 amide bonds. The van der Waals surface area contributed by atoms with Crippen LogP contribution in [0.25, 0.3) is 10.4 Å². The molecule has 5 rings (SSSR count). The number of hydrogen-bond acceptors (Lipinski definition) is 4. The lowest BCUT2D eigenvalue weighted by molar-refractivity contribution is 0.0684. The van der Waals surface area contributed by atoms with Gasteiger partial charge in [-0.05, 0) is 55.5 Å². The van der Waals surface area contributed by atoms with Crippen LogP contribution in [0, 0.1) is 18.7 Å². The number of nitrogens with one attached hydrogen (secondary N) is 1. The molecule has 0 radical (unpaired) electrons. The van der Waals surface area contributed by atoms with Crippen LogP contribution in [-0.2, 0) is 0 Å². The van der Waals surface area contributed by atoms with Crippen molar-refractivity contribution in [3.63, 3.8) is 0 Å². The minimum absolute atomic E-state index is 0.0636. The van der Waals surface area contributed by atoms with Crippen molar-refractivity contribution in [3.05, 3.63) is 76.7 Å². The quantitative estimate of drug-likeness (QED) is 0.650. The highest BCUT2D eigenvalue weighted by Crippen LogP contribution is 2.48. The molecule has 1 N–H and O–H groups in total. The van der Waals surface area contributed by atoms with E-state index >= 15 is 0 Å². The maximum atomic E-state index is 13.8. The van der Waals surface area contributed by atoms with Gasteiger partial charge in [0.1, 0.15) is 11.5 Å². The number of piperidine rings is 1. The lowest BCUT2D eigenvalue weighted by atomic mass is 10.1. The Hall–Kier alpha value is -3.06. The normalized spacial score (nSPS) is 21.6. The first-order valence-electron chi connectivity index (χ1n) is 10.4. The maximum absolute atomic E-state index is 13.8. The first-order valence-corrected chi connectivity index (χ1v) is 11.2. The van der Waals surface area contributed by atoms with Gasteiger partial charge >= 0.3 is 0 Å². The largest absolute Gasteiger partial charge is 0.350 e. The van der Waals surface area contributed by atoms with Crippen LogP contribution in [0.1, 0.15) is 38.7 Å². The number of aryl methyl sites for hydroxylation is 1. The fourth-order valence-corrected chi connectivity index (χ4v) is 5.39. The van der Waals surface area contributed by atoms with Gasteiger partial charge in [-0.25, -0.2) is 9.37 Å². The number of likely N-dealkylation sites (tertiary alicyclic amines) is 1. The number of aromatic nitrogens is 1. The smallest absolute Gasteiger partial charge is 0.274 e. The van der Waals surface area contributed by atoms with Crippen molar-refractivity contribution in [2.24, 2.45) is 5.92 Å². The molecule has 1 aliphatic heterocycles. The lowest BCUT2D eigenvalue weighted by Crippen LogP contribution is -2.45. The number of fused-ring (bicyclic) bond motifs is 1. The lowest BCUT2D eigenvalue weighted by Gasteiger charge is -2.27. The Kier molecular flexibility index (Phi) is 5.06. The predicted octanol–water partition coefficient (Wildman–Crippen LogP) is 4.29. The highest BCUT2D eigenvalue weighted by molar-refractivity contribution is 7.15. The van der Waals surface area contributed by atoms with Gasteiger partial charge in [0.2, 0.25) is 0 Å². The maximum Gasteiger partial charge on any atom is 0.274 e. The SMILES string of the molecule is Cc1nc(C(=O)N2[C@H](CNC(=O)c3ccccc3)C[C@@H]3C[C@@H]32)c(-c2cccc(F)c2)s1. The highest BCUT2D eigenvalue weighted by Gasteiger charge is 2.54. The zero-order valence-electron chi connectivity index (χ0n) is 17.0. The van der Waals surface area contributed by atoms with E-state index in [4.69, 9.17) is 0 Å². The Balaban J connectivity index is 1.37. The Morgan fingerprint density at radius 2 is 1.97 bits per heavy atom. The monoisotopic (exact) mass is 435 g/mol. The van der Waals surface area contributed by atoms with Crippen LogP contribution < -0.4 is 5.32 Å². The summed E-state index contributed by atoms with van der Waals surface area (Å²) in [5, 5.41) is 3.74. The van der Waals surface area contributed by atoms with Gasteiger partial charge in [0.25, 0.3) is 11.8 Å². The Morgan fingerprint density at radius 3 is 2.74 bits per heavy atom. The van der Waals surface area contributed by atoms with Gasteiger partial charge in [-0.2, -0.15) is 0 Å². The number of halogens is 1. The molecule has 0 spiro atoms. The van der Waals surface area contributed by atoms with E-state index in [0.29, 0.717) is 34.2 Å². The number of rotatable bonds is 5. The number of carbonyl (C=O) groups excluding carboxylic acids is 2. The average molecular weight is 436 g/mol. The minimum Gasteiger partial charge on any atom is -0.350 e. The van der Waals surface area contributed by atoms with Crippen molar-refractivity contribution in [1.29, 1.82) is 0 Å². The summed E-state index contributed by atoms with van der Waals surface area (Å²) in [6, 6.07) is 15.5. The predicted molar refractivity (Wildman–Crippen MR) is 117 cm³/mol. The molecule has 2 aromatic carbocycles. The molecule has 1 aliphatic carbocycles. The van der Waals surface area contributed by atoms with Crippen molar-refractivity contribution in [3.8, 4) is 10.4 Å². The van der Waals surface area contributed by atoms with Crippen LogP contribution in [-0.4, -0.2) is 40.3 Å². The second-order valence-corrected chi connectivity index (χ2v) is 9.37. The van der Waals surface area contributed by atoms with Gasteiger partial charge in [0.15, 0.2) is 0 Å². The third kappa shape index (κ3) is 3.85. The van der Waals surface area contributed by atoms with Crippen LogP contribution in [0.2, 0.25) is 0 Å². The third-order valence-corrected chi connectivity index (χ3v) is 7.02. The highest BCUT2D eigenvalue weighted by atomic mass is 32.1. The summed E-state index contributed by atoms with van der Waals surface area (Å²) in [5.74, 6) is -0.127. The van der Waals surface area contributed by atoms with Crippen molar-refractivity contribution in [1.82, 2.24) is 15.2 Å². The second-order valence-electron chi connectivity index (χ2n) is 8.16. The number of benzene rings is 2. The van der Waals surface area contributed by atoms with E-state index in [9.17, 15) is 14.0 Å². The van der Waals surface area contributed by atoms with Gasteiger partial charge in [-0.3, -0.25) is 9.59 Å². The summed E-state index contributed by atoms with van der Waals surface area (Å²) >= 11 is 1.40. The topological polar surface area (TPSA) is 62.3 Å². The van der Waals surface area contributed by atoms with E-state index in [1.165, 1.54) is 23.5 Å². The molecule has 1 saturated heterocycles. The summed E-state index contributed by atoms with van der Waals surface area (Å²) < 4.78 is 13.8. The number of amides is 2. The molecule has 31 heavy (non-hydrogen) atoms.